The van der Waals surface area contributed by atoms with Crippen molar-refractivity contribution in [2.24, 2.45) is 11.8 Å². The Hall–Kier alpha value is -1.03. The molecule has 0 radical (unpaired) electrons. The minimum absolute atomic E-state index is 0.392. The quantitative estimate of drug-likeness (QED) is 0.926. The number of anilines is 1. The first-order valence-electron chi connectivity index (χ1n) is 7.34. The number of benzene rings is 1. The van der Waals surface area contributed by atoms with Crippen molar-refractivity contribution in [2.45, 2.75) is 51.0 Å². The summed E-state index contributed by atoms with van der Waals surface area (Å²) in [5.74, 6) is 1.51. The van der Waals surface area contributed by atoms with Crippen LogP contribution in [0.2, 0.25) is 0 Å². The third kappa shape index (κ3) is 3.54. The maximum atomic E-state index is 11.7. The molecule has 1 aliphatic carbocycles. The van der Waals surface area contributed by atoms with Crippen molar-refractivity contribution in [1.82, 2.24) is 0 Å². The van der Waals surface area contributed by atoms with E-state index in [2.05, 4.69) is 19.2 Å². The van der Waals surface area contributed by atoms with Gasteiger partial charge in [-0.2, -0.15) is 0 Å². The highest BCUT2D eigenvalue weighted by Crippen LogP contribution is 2.32. The Morgan fingerprint density at radius 3 is 2.45 bits per heavy atom. The maximum absolute atomic E-state index is 11.7. The molecule has 1 N–H and O–H groups in total. The number of nitrogens with one attached hydrogen (secondary N) is 1. The molecule has 4 heteroatoms. The Morgan fingerprint density at radius 2 is 1.85 bits per heavy atom. The molecule has 3 nitrogen and oxygen atoms in total. The molecule has 0 aromatic heterocycles. The predicted octanol–water partition coefficient (Wildman–Crippen LogP) is 3.64. The lowest BCUT2D eigenvalue weighted by Crippen LogP contribution is -2.30. The predicted molar refractivity (Wildman–Crippen MR) is 83.9 cm³/mol. The van der Waals surface area contributed by atoms with Crippen LogP contribution in [0.25, 0.3) is 0 Å². The first kappa shape index (κ1) is 15.4. The summed E-state index contributed by atoms with van der Waals surface area (Å²) in [4.78, 5) is 0.392. The van der Waals surface area contributed by atoms with Gasteiger partial charge in [0.25, 0.3) is 0 Å². The monoisotopic (exact) mass is 295 g/mol. The van der Waals surface area contributed by atoms with E-state index in [0.29, 0.717) is 10.9 Å². The van der Waals surface area contributed by atoms with Gasteiger partial charge >= 0.3 is 0 Å². The smallest absolute Gasteiger partial charge is 0.175 e. The second-order valence-corrected chi connectivity index (χ2v) is 8.37. The summed E-state index contributed by atoms with van der Waals surface area (Å²) in [7, 11) is -3.14. The molecule has 20 heavy (non-hydrogen) atoms. The van der Waals surface area contributed by atoms with Gasteiger partial charge in [-0.3, -0.25) is 0 Å². The summed E-state index contributed by atoms with van der Waals surface area (Å²) in [5.41, 5.74) is 2.06. The molecule has 1 aromatic carbocycles. The number of aryl methyl sites for hydroxylation is 1. The second kappa shape index (κ2) is 5.76. The van der Waals surface area contributed by atoms with Crippen molar-refractivity contribution in [3.8, 4) is 0 Å². The summed E-state index contributed by atoms with van der Waals surface area (Å²) < 4.78 is 23.3. The van der Waals surface area contributed by atoms with E-state index in [1.165, 1.54) is 12.7 Å². The first-order chi connectivity index (χ1) is 9.27. The third-order valence-electron chi connectivity index (χ3n) is 4.59. The lowest BCUT2D eigenvalue weighted by molar-refractivity contribution is 0.261. The van der Waals surface area contributed by atoms with E-state index in [0.717, 1.165) is 35.9 Å². The molecule has 0 bridgehead atoms. The molecule has 0 spiro atoms. The van der Waals surface area contributed by atoms with Crippen LogP contribution < -0.4 is 5.32 Å². The summed E-state index contributed by atoms with van der Waals surface area (Å²) in [6.07, 6.45) is 4.81. The Balaban J connectivity index is 2.17. The minimum atomic E-state index is -3.14. The number of sulfone groups is 1. The van der Waals surface area contributed by atoms with Gasteiger partial charge in [-0.05, 0) is 55.7 Å². The van der Waals surface area contributed by atoms with E-state index in [-0.39, 0.29) is 0 Å². The molecule has 3 atom stereocenters. The number of hydrogen-bond donors (Lipinski definition) is 1. The summed E-state index contributed by atoms with van der Waals surface area (Å²) >= 11 is 0. The zero-order chi connectivity index (χ0) is 14.9. The molecule has 3 unspecified atom stereocenters. The van der Waals surface area contributed by atoms with Gasteiger partial charge in [0, 0.05) is 18.0 Å². The standard InChI is InChI=1S/C16H25NO2S/c1-11-5-7-14(9-13(11)3)17-16-10-15(20(4,18)19)8-6-12(16)2/h6,8,10-11,13-14,17H,5,7,9H2,1-4H3. The van der Waals surface area contributed by atoms with Crippen molar-refractivity contribution in [1.29, 1.82) is 0 Å². The highest BCUT2D eigenvalue weighted by atomic mass is 32.2. The molecule has 1 aliphatic rings. The maximum Gasteiger partial charge on any atom is 0.175 e. The van der Waals surface area contributed by atoms with Crippen molar-refractivity contribution in [3.63, 3.8) is 0 Å². The molecule has 0 aliphatic heterocycles. The van der Waals surface area contributed by atoms with Crippen molar-refractivity contribution < 1.29 is 8.42 Å². The molecule has 0 amide bonds. The molecule has 2 rings (SSSR count). The van der Waals surface area contributed by atoms with Gasteiger partial charge in [-0.1, -0.05) is 19.9 Å². The number of hydrogen-bond acceptors (Lipinski definition) is 3. The summed E-state index contributed by atoms with van der Waals surface area (Å²) in [5, 5.41) is 3.55. The highest BCUT2D eigenvalue weighted by Gasteiger charge is 2.24. The lowest BCUT2D eigenvalue weighted by Gasteiger charge is -2.33. The molecule has 0 saturated heterocycles. The first-order valence-corrected chi connectivity index (χ1v) is 9.23. The van der Waals surface area contributed by atoms with Crippen LogP contribution in [0.4, 0.5) is 5.69 Å². The van der Waals surface area contributed by atoms with E-state index < -0.39 is 9.84 Å². The molecular formula is C16H25NO2S. The zero-order valence-corrected chi connectivity index (χ0v) is 13.6. The van der Waals surface area contributed by atoms with Crippen LogP contribution in [0, 0.1) is 18.8 Å². The van der Waals surface area contributed by atoms with Crippen LogP contribution in [0.1, 0.15) is 38.7 Å². The van der Waals surface area contributed by atoms with E-state index in [1.807, 2.05) is 13.0 Å². The van der Waals surface area contributed by atoms with Gasteiger partial charge in [-0.15, -0.1) is 0 Å². The largest absolute Gasteiger partial charge is 0.382 e. The van der Waals surface area contributed by atoms with E-state index >= 15 is 0 Å². The average Bonchev–Trinajstić information content (AvgIpc) is 2.35. The Morgan fingerprint density at radius 1 is 1.15 bits per heavy atom. The number of rotatable bonds is 3. The van der Waals surface area contributed by atoms with E-state index in [4.69, 9.17) is 0 Å². The van der Waals surface area contributed by atoms with Crippen molar-refractivity contribution in [2.75, 3.05) is 11.6 Å². The fraction of sp³-hybridized carbons (Fsp3) is 0.625. The van der Waals surface area contributed by atoms with Crippen LogP contribution in [0.3, 0.4) is 0 Å². The molecule has 1 saturated carbocycles. The average molecular weight is 295 g/mol. The second-order valence-electron chi connectivity index (χ2n) is 6.36. The Kier molecular flexibility index (Phi) is 4.43. The molecular weight excluding hydrogens is 270 g/mol. The lowest BCUT2D eigenvalue weighted by atomic mass is 9.79. The minimum Gasteiger partial charge on any atom is -0.382 e. The summed E-state index contributed by atoms with van der Waals surface area (Å²) in [6, 6.07) is 5.79. The van der Waals surface area contributed by atoms with E-state index in [1.54, 1.807) is 12.1 Å². The van der Waals surface area contributed by atoms with E-state index in [9.17, 15) is 8.42 Å². The summed E-state index contributed by atoms with van der Waals surface area (Å²) in [6.45, 7) is 6.64. The molecule has 1 aromatic rings. The fourth-order valence-electron chi connectivity index (χ4n) is 2.89. The van der Waals surface area contributed by atoms with Gasteiger partial charge in [0.05, 0.1) is 4.90 Å². The van der Waals surface area contributed by atoms with Crippen LogP contribution in [-0.2, 0) is 9.84 Å². The fourth-order valence-corrected chi connectivity index (χ4v) is 3.53. The van der Waals surface area contributed by atoms with Gasteiger partial charge in [0.1, 0.15) is 0 Å². The Labute approximate surface area is 122 Å². The van der Waals surface area contributed by atoms with Crippen LogP contribution in [0.5, 0.6) is 0 Å². The van der Waals surface area contributed by atoms with Crippen molar-refractivity contribution in [3.05, 3.63) is 23.8 Å². The van der Waals surface area contributed by atoms with Crippen LogP contribution >= 0.6 is 0 Å². The molecule has 0 heterocycles. The Bertz CT molecular complexity index is 580. The third-order valence-corrected chi connectivity index (χ3v) is 5.71. The molecule has 1 fully saturated rings. The normalized spacial score (nSPS) is 27.3. The molecule has 112 valence electrons. The van der Waals surface area contributed by atoms with Crippen LogP contribution in [-0.4, -0.2) is 20.7 Å². The SMILES string of the molecule is Cc1ccc(S(C)(=O)=O)cc1NC1CCC(C)C(C)C1. The zero-order valence-electron chi connectivity index (χ0n) is 12.8. The van der Waals surface area contributed by atoms with Gasteiger partial charge in [-0.25, -0.2) is 8.42 Å². The highest BCUT2D eigenvalue weighted by molar-refractivity contribution is 7.90. The topological polar surface area (TPSA) is 46.2 Å². The van der Waals surface area contributed by atoms with Gasteiger partial charge < -0.3 is 5.32 Å². The van der Waals surface area contributed by atoms with Crippen molar-refractivity contribution >= 4 is 15.5 Å². The van der Waals surface area contributed by atoms with Gasteiger partial charge in [0.15, 0.2) is 9.84 Å². The van der Waals surface area contributed by atoms with Gasteiger partial charge in [0.2, 0.25) is 0 Å². The van der Waals surface area contributed by atoms with Crippen LogP contribution in [0.15, 0.2) is 23.1 Å².